The van der Waals surface area contributed by atoms with Gasteiger partial charge in [-0.3, -0.25) is 4.79 Å². The predicted octanol–water partition coefficient (Wildman–Crippen LogP) is 3.56. The first-order valence-corrected chi connectivity index (χ1v) is 7.66. The van der Waals surface area contributed by atoms with Crippen LogP contribution in [0.4, 0.5) is 18.9 Å². The van der Waals surface area contributed by atoms with Gasteiger partial charge in [0.15, 0.2) is 0 Å². The number of halogens is 4. The van der Waals surface area contributed by atoms with Crippen LogP contribution in [0.1, 0.15) is 32.6 Å². The van der Waals surface area contributed by atoms with Gasteiger partial charge >= 0.3 is 6.18 Å². The Labute approximate surface area is 128 Å². The Kier molecular flexibility index (Phi) is 4.95. The Morgan fingerprint density at radius 2 is 2.10 bits per heavy atom. The van der Waals surface area contributed by atoms with Gasteiger partial charge in [-0.25, -0.2) is 4.68 Å². The molecule has 0 spiro atoms. The Hall–Kier alpha value is -1.05. The molecule has 4 nitrogen and oxygen atoms in total. The summed E-state index contributed by atoms with van der Waals surface area (Å²) in [6.45, 7) is 0.632. The number of anilines is 1. The average Bonchev–Trinajstić information content (AvgIpc) is 2.91. The molecule has 0 aliphatic heterocycles. The molecule has 0 aromatic carbocycles. The van der Waals surface area contributed by atoms with Gasteiger partial charge in [-0.1, -0.05) is 12.8 Å². The second kappa shape index (κ2) is 6.37. The molecular formula is C13H17BrF3N3O. The summed E-state index contributed by atoms with van der Waals surface area (Å²) < 4.78 is 37.5. The molecule has 118 valence electrons. The topological polar surface area (TPSA) is 46.9 Å². The fourth-order valence-electron chi connectivity index (χ4n) is 2.67. The minimum Gasteiger partial charge on any atom is -0.380 e. The van der Waals surface area contributed by atoms with E-state index in [-0.39, 0.29) is 10.5 Å². The van der Waals surface area contributed by atoms with Crippen molar-refractivity contribution >= 4 is 21.6 Å². The molecule has 0 amide bonds. The number of nitrogens with one attached hydrogen (secondary N) is 1. The molecule has 0 bridgehead atoms. The summed E-state index contributed by atoms with van der Waals surface area (Å²) in [6.07, 6.45) is 1.45. The van der Waals surface area contributed by atoms with E-state index in [2.05, 4.69) is 26.3 Å². The molecule has 1 aromatic rings. The van der Waals surface area contributed by atoms with Crippen LogP contribution in [-0.4, -0.2) is 22.0 Å². The van der Waals surface area contributed by atoms with E-state index in [1.165, 1.54) is 19.0 Å². The van der Waals surface area contributed by atoms with Crippen LogP contribution in [0.2, 0.25) is 0 Å². The first-order chi connectivity index (χ1) is 9.78. The standard InChI is InChI=1S/C13H17BrF3N3O/c1-8(9-4-2-3-5-9)19-10-6-18-20(7-13(15,16)17)12(21)11(10)14/h6,8-9,19H,2-5,7H2,1H3. The zero-order valence-electron chi connectivity index (χ0n) is 11.6. The predicted molar refractivity (Wildman–Crippen MR) is 77.3 cm³/mol. The van der Waals surface area contributed by atoms with E-state index in [4.69, 9.17) is 0 Å². The normalized spacial score (nSPS) is 18.0. The van der Waals surface area contributed by atoms with Crippen LogP contribution in [0.3, 0.4) is 0 Å². The van der Waals surface area contributed by atoms with Crippen molar-refractivity contribution in [2.75, 3.05) is 5.32 Å². The lowest BCUT2D eigenvalue weighted by atomic mass is 10.00. The third-order valence-electron chi connectivity index (χ3n) is 3.80. The third-order valence-corrected chi connectivity index (χ3v) is 4.57. The molecular weight excluding hydrogens is 351 g/mol. The fourth-order valence-corrected chi connectivity index (χ4v) is 3.09. The van der Waals surface area contributed by atoms with Crippen molar-refractivity contribution in [1.82, 2.24) is 9.78 Å². The SMILES string of the molecule is CC(Nc1cnn(CC(F)(F)F)c(=O)c1Br)C1CCCC1. The molecule has 1 N–H and O–H groups in total. The van der Waals surface area contributed by atoms with Crippen molar-refractivity contribution < 1.29 is 13.2 Å². The summed E-state index contributed by atoms with van der Waals surface area (Å²) >= 11 is 3.07. The first-order valence-electron chi connectivity index (χ1n) is 6.87. The van der Waals surface area contributed by atoms with Gasteiger partial charge in [0, 0.05) is 6.04 Å². The minimum atomic E-state index is -4.47. The monoisotopic (exact) mass is 367 g/mol. The minimum absolute atomic E-state index is 0.0894. The summed E-state index contributed by atoms with van der Waals surface area (Å²) in [7, 11) is 0. The zero-order chi connectivity index (χ0) is 15.6. The van der Waals surface area contributed by atoms with E-state index in [0.29, 0.717) is 16.3 Å². The number of aromatic nitrogens is 2. The quantitative estimate of drug-likeness (QED) is 0.884. The van der Waals surface area contributed by atoms with Gasteiger partial charge in [0.2, 0.25) is 0 Å². The second-order valence-corrected chi connectivity index (χ2v) is 6.22. The molecule has 1 saturated carbocycles. The number of alkyl halides is 3. The van der Waals surface area contributed by atoms with Gasteiger partial charge in [0.05, 0.1) is 11.9 Å². The largest absolute Gasteiger partial charge is 0.408 e. The van der Waals surface area contributed by atoms with Gasteiger partial charge < -0.3 is 5.32 Å². The molecule has 1 heterocycles. The average molecular weight is 368 g/mol. The zero-order valence-corrected chi connectivity index (χ0v) is 13.2. The highest BCUT2D eigenvalue weighted by atomic mass is 79.9. The molecule has 0 saturated heterocycles. The number of rotatable bonds is 4. The van der Waals surface area contributed by atoms with Gasteiger partial charge in [-0.15, -0.1) is 0 Å². The molecule has 1 aromatic heterocycles. The summed E-state index contributed by atoms with van der Waals surface area (Å²) in [5.41, 5.74) is -0.339. The first kappa shape index (κ1) is 16.3. The van der Waals surface area contributed by atoms with E-state index >= 15 is 0 Å². The maximum atomic E-state index is 12.3. The molecule has 21 heavy (non-hydrogen) atoms. The number of hydrogen-bond donors (Lipinski definition) is 1. The van der Waals surface area contributed by atoms with E-state index in [1.54, 1.807) is 0 Å². The van der Waals surface area contributed by atoms with Gasteiger partial charge in [-0.2, -0.15) is 18.3 Å². The van der Waals surface area contributed by atoms with Gasteiger partial charge in [-0.05, 0) is 41.6 Å². The van der Waals surface area contributed by atoms with Crippen molar-refractivity contribution in [3.8, 4) is 0 Å². The van der Waals surface area contributed by atoms with Crippen LogP contribution < -0.4 is 10.9 Å². The Balaban J connectivity index is 2.14. The number of hydrogen-bond acceptors (Lipinski definition) is 3. The van der Waals surface area contributed by atoms with Crippen molar-refractivity contribution in [3.63, 3.8) is 0 Å². The van der Waals surface area contributed by atoms with Crippen LogP contribution >= 0.6 is 15.9 Å². The lowest BCUT2D eigenvalue weighted by Gasteiger charge is -2.22. The molecule has 8 heteroatoms. The van der Waals surface area contributed by atoms with Crippen LogP contribution in [0, 0.1) is 5.92 Å². The van der Waals surface area contributed by atoms with E-state index in [9.17, 15) is 18.0 Å². The Morgan fingerprint density at radius 3 is 2.67 bits per heavy atom. The summed E-state index contributed by atoms with van der Waals surface area (Å²) in [5.74, 6) is 0.523. The maximum Gasteiger partial charge on any atom is 0.408 e. The third kappa shape index (κ3) is 4.21. The summed E-state index contributed by atoms with van der Waals surface area (Å²) in [5, 5.41) is 6.77. The van der Waals surface area contributed by atoms with Gasteiger partial charge in [0.1, 0.15) is 11.0 Å². The molecule has 1 aliphatic carbocycles. The Bertz CT molecular complexity index is 553. The number of nitrogens with zero attached hydrogens (tertiary/aromatic N) is 2. The lowest BCUT2D eigenvalue weighted by molar-refractivity contribution is -0.143. The van der Waals surface area contributed by atoms with Crippen LogP contribution in [0.15, 0.2) is 15.5 Å². The van der Waals surface area contributed by atoms with Crippen molar-refractivity contribution in [3.05, 3.63) is 21.0 Å². The van der Waals surface area contributed by atoms with Crippen LogP contribution in [0.25, 0.3) is 0 Å². The Morgan fingerprint density at radius 1 is 1.48 bits per heavy atom. The molecule has 0 radical (unpaired) electrons. The highest BCUT2D eigenvalue weighted by Crippen LogP contribution is 2.30. The molecule has 1 fully saturated rings. The molecule has 2 rings (SSSR count). The highest BCUT2D eigenvalue weighted by Gasteiger charge is 2.30. The summed E-state index contributed by atoms with van der Waals surface area (Å²) in [4.78, 5) is 11.9. The van der Waals surface area contributed by atoms with Crippen LogP contribution in [0.5, 0.6) is 0 Å². The van der Waals surface area contributed by atoms with E-state index in [1.807, 2.05) is 6.92 Å². The van der Waals surface area contributed by atoms with Crippen molar-refractivity contribution in [2.24, 2.45) is 5.92 Å². The molecule has 1 aliphatic rings. The van der Waals surface area contributed by atoms with E-state index in [0.717, 1.165) is 12.8 Å². The van der Waals surface area contributed by atoms with Crippen LogP contribution in [-0.2, 0) is 6.54 Å². The van der Waals surface area contributed by atoms with E-state index < -0.39 is 18.3 Å². The molecule has 1 atom stereocenters. The fraction of sp³-hybridized carbons (Fsp3) is 0.692. The highest BCUT2D eigenvalue weighted by molar-refractivity contribution is 9.10. The smallest absolute Gasteiger partial charge is 0.380 e. The summed E-state index contributed by atoms with van der Waals surface area (Å²) in [6, 6.07) is 0.156. The molecule has 1 unspecified atom stereocenters. The maximum absolute atomic E-state index is 12.3. The lowest BCUT2D eigenvalue weighted by Crippen LogP contribution is -2.32. The van der Waals surface area contributed by atoms with Crippen molar-refractivity contribution in [1.29, 1.82) is 0 Å². The van der Waals surface area contributed by atoms with Gasteiger partial charge in [0.25, 0.3) is 5.56 Å². The van der Waals surface area contributed by atoms with Crippen molar-refractivity contribution in [2.45, 2.75) is 51.4 Å². The second-order valence-electron chi connectivity index (χ2n) is 5.43.